The van der Waals surface area contributed by atoms with Gasteiger partial charge in [-0.15, -0.1) is 11.3 Å². The lowest BCUT2D eigenvalue weighted by Gasteiger charge is -2.18. The summed E-state index contributed by atoms with van der Waals surface area (Å²) < 4.78 is 5.63. The van der Waals surface area contributed by atoms with E-state index in [-0.39, 0.29) is 5.97 Å². The van der Waals surface area contributed by atoms with Gasteiger partial charge in [0.2, 0.25) is 0 Å². The second-order valence-corrected chi connectivity index (χ2v) is 5.13. The number of hydrogen-bond donors (Lipinski definition) is 0. The summed E-state index contributed by atoms with van der Waals surface area (Å²) in [6.07, 6.45) is 0. The lowest BCUT2D eigenvalue weighted by molar-refractivity contribution is 0.00704. The van der Waals surface area contributed by atoms with Crippen LogP contribution in [0.5, 0.6) is 0 Å². The molecule has 0 unspecified atom stereocenters. The van der Waals surface area contributed by atoms with Crippen molar-refractivity contribution in [3.8, 4) is 0 Å². The fourth-order valence-corrected chi connectivity index (χ4v) is 1.67. The molecule has 4 heteroatoms. The molecule has 0 fully saturated rings. The first kappa shape index (κ1) is 10.5. The zero-order valence-electron chi connectivity index (χ0n) is 7.76. The lowest BCUT2D eigenvalue weighted by Crippen LogP contribution is -2.23. The smallest absolute Gasteiger partial charge is 0.341 e. The summed E-state index contributed by atoms with van der Waals surface area (Å²) in [6, 6.07) is 1.67. The average molecular weight is 219 g/mol. The summed E-state index contributed by atoms with van der Waals surface area (Å²) in [5.74, 6) is -0.362. The quantitative estimate of drug-likeness (QED) is 0.676. The molecule has 72 valence electrons. The number of thiophene rings is 1. The maximum absolute atomic E-state index is 11.4. The monoisotopic (exact) mass is 218 g/mol. The molecule has 13 heavy (non-hydrogen) atoms. The Morgan fingerprint density at radius 2 is 2.15 bits per heavy atom. The van der Waals surface area contributed by atoms with Gasteiger partial charge in [-0.25, -0.2) is 4.79 Å². The van der Waals surface area contributed by atoms with Crippen LogP contribution in [-0.2, 0) is 4.74 Å². The molecule has 0 bridgehead atoms. The molecule has 1 rings (SSSR count). The molecule has 1 aromatic rings. The van der Waals surface area contributed by atoms with Crippen molar-refractivity contribution in [1.29, 1.82) is 0 Å². The van der Waals surface area contributed by atoms with Crippen LogP contribution in [0.1, 0.15) is 31.1 Å². The molecule has 0 aliphatic rings. The van der Waals surface area contributed by atoms with Crippen LogP contribution in [0.3, 0.4) is 0 Å². The van der Waals surface area contributed by atoms with E-state index in [4.69, 9.17) is 16.3 Å². The lowest BCUT2D eigenvalue weighted by atomic mass is 10.2. The molecular weight excluding hydrogens is 208 g/mol. The van der Waals surface area contributed by atoms with E-state index < -0.39 is 5.60 Å². The number of halogens is 1. The highest BCUT2D eigenvalue weighted by atomic mass is 35.5. The van der Waals surface area contributed by atoms with Crippen LogP contribution in [-0.4, -0.2) is 11.6 Å². The van der Waals surface area contributed by atoms with E-state index in [1.54, 1.807) is 11.4 Å². The van der Waals surface area contributed by atoms with Crippen molar-refractivity contribution in [3.05, 3.63) is 21.3 Å². The van der Waals surface area contributed by atoms with Crippen LogP contribution >= 0.6 is 22.9 Å². The topological polar surface area (TPSA) is 26.3 Å². The Labute approximate surface area is 86.5 Å². The van der Waals surface area contributed by atoms with Crippen LogP contribution in [0, 0.1) is 0 Å². The highest BCUT2D eigenvalue weighted by Crippen LogP contribution is 2.24. The Hall–Kier alpha value is -0.540. The number of carbonyl (C=O) groups excluding carboxylic acids is 1. The fourth-order valence-electron chi connectivity index (χ4n) is 0.772. The largest absolute Gasteiger partial charge is 0.456 e. The molecular formula is C9H11ClO2S. The summed E-state index contributed by atoms with van der Waals surface area (Å²) in [6.45, 7) is 5.47. The molecule has 2 nitrogen and oxygen atoms in total. The Bertz CT molecular complexity index is 312. The molecule has 0 spiro atoms. The Morgan fingerprint density at radius 3 is 2.54 bits per heavy atom. The van der Waals surface area contributed by atoms with Crippen LogP contribution in [0.2, 0.25) is 4.34 Å². The van der Waals surface area contributed by atoms with Gasteiger partial charge < -0.3 is 4.74 Å². The first-order valence-electron chi connectivity index (χ1n) is 3.86. The predicted molar refractivity (Wildman–Crippen MR) is 54.5 cm³/mol. The number of carbonyl (C=O) groups is 1. The van der Waals surface area contributed by atoms with Crippen molar-refractivity contribution in [3.63, 3.8) is 0 Å². The van der Waals surface area contributed by atoms with E-state index in [0.29, 0.717) is 9.90 Å². The van der Waals surface area contributed by atoms with Gasteiger partial charge in [-0.1, -0.05) is 11.6 Å². The van der Waals surface area contributed by atoms with Crippen LogP contribution in [0.15, 0.2) is 11.4 Å². The van der Waals surface area contributed by atoms with E-state index >= 15 is 0 Å². The molecule has 1 heterocycles. The predicted octanol–water partition coefficient (Wildman–Crippen LogP) is 3.36. The SMILES string of the molecule is CC(C)(C)OC(=O)c1ccsc1Cl. The molecule has 0 aliphatic carbocycles. The second kappa shape index (κ2) is 3.68. The van der Waals surface area contributed by atoms with E-state index in [9.17, 15) is 4.79 Å². The second-order valence-electron chi connectivity index (χ2n) is 3.61. The summed E-state index contributed by atoms with van der Waals surface area (Å²) in [4.78, 5) is 11.4. The molecule has 0 atom stereocenters. The van der Waals surface area contributed by atoms with Crippen LogP contribution < -0.4 is 0 Å². The maximum Gasteiger partial charge on any atom is 0.341 e. The minimum Gasteiger partial charge on any atom is -0.456 e. The molecule has 0 saturated heterocycles. The maximum atomic E-state index is 11.4. The third kappa shape index (κ3) is 3.01. The van der Waals surface area contributed by atoms with Crippen LogP contribution in [0.4, 0.5) is 0 Å². The molecule has 1 aromatic heterocycles. The minimum atomic E-state index is -0.470. The Kier molecular flexibility index (Phi) is 2.98. The zero-order valence-corrected chi connectivity index (χ0v) is 9.33. The van der Waals surface area contributed by atoms with E-state index in [0.717, 1.165) is 0 Å². The first-order valence-corrected chi connectivity index (χ1v) is 5.12. The summed E-state index contributed by atoms with van der Waals surface area (Å²) >= 11 is 7.10. The van der Waals surface area contributed by atoms with Crippen molar-refractivity contribution in [2.24, 2.45) is 0 Å². The molecule has 0 N–H and O–H groups in total. The molecule has 0 aliphatic heterocycles. The number of ether oxygens (including phenoxy) is 1. The fraction of sp³-hybridized carbons (Fsp3) is 0.444. The van der Waals surface area contributed by atoms with Gasteiger partial charge in [0.05, 0.1) is 5.56 Å². The van der Waals surface area contributed by atoms with Crippen LogP contribution in [0.25, 0.3) is 0 Å². The van der Waals surface area contributed by atoms with Crippen molar-refractivity contribution in [2.45, 2.75) is 26.4 Å². The minimum absolute atomic E-state index is 0.362. The highest BCUT2D eigenvalue weighted by molar-refractivity contribution is 7.14. The summed E-state index contributed by atoms with van der Waals surface area (Å²) in [7, 11) is 0. The van der Waals surface area contributed by atoms with Gasteiger partial charge in [0.15, 0.2) is 0 Å². The van der Waals surface area contributed by atoms with Gasteiger partial charge in [0, 0.05) is 0 Å². The third-order valence-corrected chi connectivity index (χ3v) is 2.41. The Balaban J connectivity index is 2.76. The third-order valence-electron chi connectivity index (χ3n) is 1.24. The van der Waals surface area contributed by atoms with Gasteiger partial charge in [-0.05, 0) is 32.2 Å². The van der Waals surface area contributed by atoms with Crippen molar-refractivity contribution in [1.82, 2.24) is 0 Å². The van der Waals surface area contributed by atoms with Crippen molar-refractivity contribution in [2.75, 3.05) is 0 Å². The molecule has 0 amide bonds. The molecule has 0 radical (unpaired) electrons. The number of rotatable bonds is 1. The van der Waals surface area contributed by atoms with E-state index in [2.05, 4.69) is 0 Å². The number of hydrogen-bond acceptors (Lipinski definition) is 3. The first-order chi connectivity index (χ1) is 5.90. The van der Waals surface area contributed by atoms with Gasteiger partial charge >= 0.3 is 5.97 Å². The normalized spacial score (nSPS) is 11.4. The van der Waals surface area contributed by atoms with Gasteiger partial charge in [0.25, 0.3) is 0 Å². The molecule has 0 saturated carbocycles. The average Bonchev–Trinajstić information content (AvgIpc) is 2.30. The number of esters is 1. The highest BCUT2D eigenvalue weighted by Gasteiger charge is 2.20. The summed E-state index contributed by atoms with van der Waals surface area (Å²) in [5.41, 5.74) is -0.0240. The van der Waals surface area contributed by atoms with Gasteiger partial charge in [-0.3, -0.25) is 0 Å². The Morgan fingerprint density at radius 1 is 1.54 bits per heavy atom. The summed E-state index contributed by atoms with van der Waals surface area (Å²) in [5, 5.41) is 1.77. The molecule has 0 aromatic carbocycles. The van der Waals surface area contributed by atoms with Gasteiger partial charge in [-0.2, -0.15) is 0 Å². The van der Waals surface area contributed by atoms with E-state index in [1.165, 1.54) is 11.3 Å². The van der Waals surface area contributed by atoms with Crippen molar-refractivity contribution >= 4 is 28.9 Å². The zero-order chi connectivity index (χ0) is 10.1. The van der Waals surface area contributed by atoms with E-state index in [1.807, 2.05) is 20.8 Å². The van der Waals surface area contributed by atoms with Gasteiger partial charge in [0.1, 0.15) is 9.94 Å². The standard InChI is InChI=1S/C9H11ClO2S/c1-9(2,3)12-8(11)6-4-5-13-7(6)10/h4-5H,1-3H3. The van der Waals surface area contributed by atoms with Crippen molar-refractivity contribution < 1.29 is 9.53 Å².